The van der Waals surface area contributed by atoms with Gasteiger partial charge in [0.05, 0.1) is 6.54 Å². The maximum Gasteiger partial charge on any atom is 0.410 e. The molecule has 1 amide bonds. The van der Waals surface area contributed by atoms with Crippen LogP contribution >= 0.6 is 0 Å². The fourth-order valence-electron chi connectivity index (χ4n) is 3.40. The molecule has 204 valence electrons. The van der Waals surface area contributed by atoms with Gasteiger partial charge in [0.25, 0.3) is 0 Å². The third-order valence-electron chi connectivity index (χ3n) is 5.31. The number of amides is 1. The third kappa shape index (κ3) is 11.1. The zero-order valence-corrected chi connectivity index (χ0v) is 21.3. The highest BCUT2D eigenvalue weighted by atomic mass is 19.1. The second-order valence-electron chi connectivity index (χ2n) is 8.22. The SMILES string of the molecule is CCCOCCCN(CCOc1ccc(CC(OCC)C(=O)O)cc1)C(=O)OCc1ccc(F)cc1F. The summed E-state index contributed by atoms with van der Waals surface area (Å²) in [6.45, 7) is 5.58. The molecule has 0 radical (unpaired) electrons. The van der Waals surface area contributed by atoms with Crippen LogP contribution in [0.4, 0.5) is 13.6 Å². The van der Waals surface area contributed by atoms with Crippen LogP contribution in [0.1, 0.15) is 37.8 Å². The van der Waals surface area contributed by atoms with Gasteiger partial charge in [-0.2, -0.15) is 0 Å². The maximum atomic E-state index is 13.9. The van der Waals surface area contributed by atoms with E-state index in [1.807, 2.05) is 6.92 Å². The molecule has 0 bridgehead atoms. The molecule has 0 saturated heterocycles. The normalized spacial score (nSPS) is 11.7. The molecule has 2 rings (SSSR count). The molecular weight excluding hydrogens is 488 g/mol. The number of hydrogen-bond acceptors (Lipinski definition) is 6. The lowest BCUT2D eigenvalue weighted by Crippen LogP contribution is -2.36. The molecule has 0 aliphatic rings. The quantitative estimate of drug-likeness (QED) is 0.297. The molecule has 0 spiro atoms. The largest absolute Gasteiger partial charge is 0.492 e. The standard InChI is InChI=1S/C27H35F2NO7/c1-3-14-34-15-5-12-30(27(33)37-19-21-8-9-22(28)18-24(21)29)13-16-36-23-10-6-20(7-11-23)17-25(26(31)32)35-4-2/h6-11,18,25H,3-5,12-17,19H2,1-2H3,(H,31,32). The highest BCUT2D eigenvalue weighted by molar-refractivity contribution is 5.72. The van der Waals surface area contributed by atoms with E-state index in [9.17, 15) is 23.5 Å². The fourth-order valence-corrected chi connectivity index (χ4v) is 3.40. The van der Waals surface area contributed by atoms with Crippen molar-refractivity contribution in [2.75, 3.05) is 39.5 Å². The minimum absolute atomic E-state index is 0.0757. The van der Waals surface area contributed by atoms with E-state index in [2.05, 4.69) is 0 Å². The van der Waals surface area contributed by atoms with E-state index in [4.69, 9.17) is 18.9 Å². The molecule has 0 aliphatic carbocycles. The minimum atomic E-state index is -1.02. The third-order valence-corrected chi connectivity index (χ3v) is 5.31. The van der Waals surface area contributed by atoms with Crippen LogP contribution in [0.3, 0.4) is 0 Å². The van der Waals surface area contributed by atoms with Gasteiger partial charge in [-0.1, -0.05) is 19.1 Å². The zero-order valence-electron chi connectivity index (χ0n) is 21.3. The van der Waals surface area contributed by atoms with Gasteiger partial charge in [-0.05, 0) is 49.6 Å². The number of halogens is 2. The van der Waals surface area contributed by atoms with E-state index in [-0.39, 0.29) is 31.7 Å². The van der Waals surface area contributed by atoms with Gasteiger partial charge in [-0.15, -0.1) is 0 Å². The summed E-state index contributed by atoms with van der Waals surface area (Å²) >= 11 is 0. The van der Waals surface area contributed by atoms with Crippen LogP contribution in [0, 0.1) is 11.6 Å². The van der Waals surface area contributed by atoms with Crippen LogP contribution in [0.2, 0.25) is 0 Å². The van der Waals surface area contributed by atoms with Crippen molar-refractivity contribution in [3.8, 4) is 5.75 Å². The van der Waals surface area contributed by atoms with E-state index in [1.54, 1.807) is 31.2 Å². The van der Waals surface area contributed by atoms with Crippen LogP contribution in [0.15, 0.2) is 42.5 Å². The molecule has 0 aliphatic heterocycles. The Morgan fingerprint density at radius 3 is 2.41 bits per heavy atom. The van der Waals surface area contributed by atoms with Crippen LogP contribution in [-0.2, 0) is 32.0 Å². The average molecular weight is 524 g/mol. The van der Waals surface area contributed by atoms with Gasteiger partial charge in [0.2, 0.25) is 0 Å². The van der Waals surface area contributed by atoms with Crippen LogP contribution in [-0.4, -0.2) is 67.7 Å². The molecule has 2 aromatic rings. The number of ether oxygens (including phenoxy) is 4. The first-order valence-electron chi connectivity index (χ1n) is 12.3. The molecule has 1 atom stereocenters. The zero-order chi connectivity index (χ0) is 27.0. The van der Waals surface area contributed by atoms with Crippen molar-refractivity contribution >= 4 is 12.1 Å². The van der Waals surface area contributed by atoms with Crippen molar-refractivity contribution in [1.29, 1.82) is 0 Å². The Balaban J connectivity index is 1.89. The second kappa shape index (κ2) is 16.5. The smallest absolute Gasteiger partial charge is 0.410 e. The summed E-state index contributed by atoms with van der Waals surface area (Å²) < 4.78 is 48.7. The Kier molecular flexibility index (Phi) is 13.4. The van der Waals surface area contributed by atoms with Gasteiger partial charge in [0.1, 0.15) is 30.6 Å². The summed E-state index contributed by atoms with van der Waals surface area (Å²) in [7, 11) is 0. The lowest BCUT2D eigenvalue weighted by atomic mass is 10.1. The van der Waals surface area contributed by atoms with Gasteiger partial charge in [-0.25, -0.2) is 18.4 Å². The molecule has 1 unspecified atom stereocenters. The number of carboxylic acids is 1. The molecule has 0 fully saturated rings. The Morgan fingerprint density at radius 2 is 1.76 bits per heavy atom. The molecule has 10 heteroatoms. The van der Waals surface area contributed by atoms with E-state index in [0.717, 1.165) is 24.1 Å². The summed E-state index contributed by atoms with van der Waals surface area (Å²) in [6, 6.07) is 10.0. The summed E-state index contributed by atoms with van der Waals surface area (Å²) in [5, 5.41) is 9.23. The fraction of sp³-hybridized carbons (Fsp3) is 0.481. The summed E-state index contributed by atoms with van der Waals surface area (Å²) in [5.74, 6) is -1.95. The Bertz CT molecular complexity index is 972. The lowest BCUT2D eigenvalue weighted by Gasteiger charge is -2.22. The number of carbonyl (C=O) groups excluding carboxylic acids is 1. The molecule has 8 nitrogen and oxygen atoms in total. The molecule has 0 saturated carbocycles. The topological polar surface area (TPSA) is 94.5 Å². The van der Waals surface area contributed by atoms with Crippen LogP contribution in [0.5, 0.6) is 5.75 Å². The first-order valence-corrected chi connectivity index (χ1v) is 12.3. The highest BCUT2D eigenvalue weighted by Gasteiger charge is 2.18. The van der Waals surface area contributed by atoms with Crippen molar-refractivity contribution in [2.45, 2.75) is 45.8 Å². The van der Waals surface area contributed by atoms with Crippen molar-refractivity contribution in [2.24, 2.45) is 0 Å². The van der Waals surface area contributed by atoms with E-state index in [0.29, 0.717) is 38.5 Å². The maximum absolute atomic E-state index is 13.9. The molecule has 0 heterocycles. The van der Waals surface area contributed by atoms with E-state index < -0.39 is 29.8 Å². The number of nitrogens with zero attached hydrogens (tertiary/aromatic N) is 1. The minimum Gasteiger partial charge on any atom is -0.492 e. The van der Waals surface area contributed by atoms with Crippen molar-refractivity contribution < 1.29 is 42.4 Å². The van der Waals surface area contributed by atoms with Gasteiger partial charge >= 0.3 is 12.1 Å². The Hall–Kier alpha value is -3.24. The van der Waals surface area contributed by atoms with Crippen LogP contribution in [0.25, 0.3) is 0 Å². The van der Waals surface area contributed by atoms with Gasteiger partial charge in [-0.3, -0.25) is 0 Å². The Morgan fingerprint density at radius 1 is 1.00 bits per heavy atom. The van der Waals surface area contributed by atoms with Gasteiger partial charge in [0, 0.05) is 44.4 Å². The number of carbonyl (C=O) groups is 2. The van der Waals surface area contributed by atoms with Crippen LogP contribution < -0.4 is 4.74 Å². The monoisotopic (exact) mass is 523 g/mol. The Labute approximate surface area is 216 Å². The number of rotatable bonds is 17. The molecular formula is C27H35F2NO7. The van der Waals surface area contributed by atoms with E-state index >= 15 is 0 Å². The molecule has 1 N–H and O–H groups in total. The van der Waals surface area contributed by atoms with Crippen molar-refractivity contribution in [3.63, 3.8) is 0 Å². The number of carboxylic acid groups (broad SMARTS) is 1. The van der Waals surface area contributed by atoms with E-state index in [1.165, 1.54) is 11.0 Å². The number of hydrogen-bond donors (Lipinski definition) is 1. The average Bonchev–Trinajstić information content (AvgIpc) is 2.87. The highest BCUT2D eigenvalue weighted by Crippen LogP contribution is 2.15. The molecule has 0 aromatic heterocycles. The first-order chi connectivity index (χ1) is 17.8. The second-order valence-corrected chi connectivity index (χ2v) is 8.22. The van der Waals surface area contributed by atoms with Crippen molar-refractivity contribution in [3.05, 3.63) is 65.2 Å². The summed E-state index contributed by atoms with van der Waals surface area (Å²) in [4.78, 5) is 25.4. The predicted octanol–water partition coefficient (Wildman–Crippen LogP) is 4.83. The molecule has 37 heavy (non-hydrogen) atoms. The van der Waals surface area contributed by atoms with Crippen molar-refractivity contribution in [1.82, 2.24) is 4.90 Å². The number of benzene rings is 2. The summed E-state index contributed by atoms with van der Waals surface area (Å²) in [5.41, 5.74) is 0.866. The first kappa shape index (κ1) is 30.0. The predicted molar refractivity (Wildman–Crippen MR) is 133 cm³/mol. The summed E-state index contributed by atoms with van der Waals surface area (Å²) in [6.07, 6.45) is 0.149. The number of aliphatic carboxylic acids is 1. The molecule has 2 aromatic carbocycles. The van der Waals surface area contributed by atoms with Gasteiger partial charge < -0.3 is 29.0 Å². The lowest BCUT2D eigenvalue weighted by molar-refractivity contribution is -0.149. The van der Waals surface area contributed by atoms with Gasteiger partial charge in [0.15, 0.2) is 6.10 Å².